The van der Waals surface area contributed by atoms with Gasteiger partial charge in [0.15, 0.2) is 17.0 Å². The van der Waals surface area contributed by atoms with Gasteiger partial charge in [-0.1, -0.05) is 33.2 Å². The van der Waals surface area contributed by atoms with Crippen LogP contribution in [-0.4, -0.2) is 82.4 Å². The summed E-state index contributed by atoms with van der Waals surface area (Å²) in [7, 11) is 0. The number of thiazole rings is 1. The molecular formula is C22H20ClN8O7S2+. The third kappa shape index (κ3) is 4.93. The number of carbonyl (C=O) groups is 4. The molecular weight excluding hydrogens is 588 g/mol. The molecule has 5 N–H and O–H groups in total. The highest BCUT2D eigenvalue weighted by atomic mass is 35.5. The van der Waals surface area contributed by atoms with Gasteiger partial charge in [-0.25, -0.2) is 19.1 Å². The Morgan fingerprint density at radius 3 is 2.85 bits per heavy atom. The number of fused-ring (bicyclic) bond motifs is 2. The van der Waals surface area contributed by atoms with Crippen LogP contribution in [-0.2, 0) is 30.6 Å². The summed E-state index contributed by atoms with van der Waals surface area (Å²) in [6, 6.07) is 2.49. The molecule has 5 rings (SSSR count). The van der Waals surface area contributed by atoms with Crippen LogP contribution in [0.15, 0.2) is 47.1 Å². The molecule has 1 saturated heterocycles. The minimum Gasteiger partial charge on any atom is -0.478 e. The van der Waals surface area contributed by atoms with E-state index < -0.39 is 47.0 Å². The molecule has 0 radical (unpaired) electrons. The Morgan fingerprint density at radius 1 is 1.40 bits per heavy atom. The Hall–Kier alpha value is -4.22. The van der Waals surface area contributed by atoms with Crippen molar-refractivity contribution in [3.63, 3.8) is 0 Å². The molecule has 0 saturated carbocycles. The SMILES string of the molecule is C[C@H](O/N=C(\C(=O)N[C@@H]1C(=O)N2C(C(=O)O)=C(C[n+]3ccn4ncccc43)CSC12)c1nc(N)sc1Cl)C(=O)O. The number of nitrogens with zero attached hydrogens (tertiary/aromatic N) is 6. The molecule has 40 heavy (non-hydrogen) atoms. The third-order valence-corrected chi connectivity index (χ3v) is 8.45. The predicted octanol–water partition coefficient (Wildman–Crippen LogP) is -0.0535. The van der Waals surface area contributed by atoms with E-state index in [2.05, 4.69) is 20.6 Å². The van der Waals surface area contributed by atoms with Crippen LogP contribution in [0.3, 0.4) is 0 Å². The van der Waals surface area contributed by atoms with E-state index in [1.165, 1.54) is 18.7 Å². The van der Waals surface area contributed by atoms with Gasteiger partial charge in [0.2, 0.25) is 6.10 Å². The van der Waals surface area contributed by atoms with Gasteiger partial charge in [-0.05, 0) is 13.0 Å². The van der Waals surface area contributed by atoms with Crippen molar-refractivity contribution in [3.8, 4) is 0 Å². The number of nitrogens with two attached hydrogens (primary N) is 1. The number of carboxylic acids is 2. The Bertz CT molecular complexity index is 1620. The van der Waals surface area contributed by atoms with E-state index in [0.29, 0.717) is 5.57 Å². The van der Waals surface area contributed by atoms with E-state index >= 15 is 0 Å². The highest BCUT2D eigenvalue weighted by molar-refractivity contribution is 8.00. The van der Waals surface area contributed by atoms with Crippen molar-refractivity contribution in [2.24, 2.45) is 5.16 Å². The maximum absolute atomic E-state index is 13.2. The van der Waals surface area contributed by atoms with Crippen molar-refractivity contribution in [1.82, 2.24) is 24.8 Å². The summed E-state index contributed by atoms with van der Waals surface area (Å²) in [6.45, 7) is 1.41. The average Bonchev–Trinajstić information content (AvgIpc) is 3.48. The van der Waals surface area contributed by atoms with Crippen molar-refractivity contribution < 1.29 is 38.8 Å². The van der Waals surface area contributed by atoms with Crippen LogP contribution in [0.4, 0.5) is 5.13 Å². The second-order valence-electron chi connectivity index (χ2n) is 8.57. The van der Waals surface area contributed by atoms with Gasteiger partial charge in [-0.15, -0.1) is 16.3 Å². The summed E-state index contributed by atoms with van der Waals surface area (Å²) < 4.78 is 3.46. The monoisotopic (exact) mass is 607 g/mol. The van der Waals surface area contributed by atoms with Gasteiger partial charge in [0, 0.05) is 17.4 Å². The fourth-order valence-electron chi connectivity index (χ4n) is 4.12. The van der Waals surface area contributed by atoms with Gasteiger partial charge < -0.3 is 26.1 Å². The molecule has 208 valence electrons. The molecule has 0 aromatic carbocycles. The largest absolute Gasteiger partial charge is 0.478 e. The number of imidazole rings is 1. The molecule has 15 nitrogen and oxygen atoms in total. The van der Waals surface area contributed by atoms with E-state index in [-0.39, 0.29) is 33.2 Å². The highest BCUT2D eigenvalue weighted by Gasteiger charge is 2.54. The standard InChI is InChI=1S/C22H19ClN8O7S2/c1-9(20(34)35)38-28-13(12-16(23)40-22(24)27-12)17(32)26-14-18(33)31-15(21(36)37)10(8-39-19(14)31)7-29-5-6-30-11(29)3-2-4-25-30/h2-6,9,14,19H,7-8H2,1H3,(H4-,24,26,27,32,34,35,36,37)/p+1/b28-13-/t9-,14+,19?/m0/s1. The fourth-order valence-corrected chi connectivity index (χ4v) is 6.39. The molecule has 5 heterocycles. The summed E-state index contributed by atoms with van der Waals surface area (Å²) in [6.07, 6.45) is 3.72. The van der Waals surface area contributed by atoms with E-state index in [1.807, 2.05) is 10.6 Å². The number of aliphatic carboxylic acids is 2. The quantitative estimate of drug-likeness (QED) is 0.110. The zero-order valence-electron chi connectivity index (χ0n) is 20.4. The minimum absolute atomic E-state index is 0.00165. The number of nitrogens with one attached hydrogen (secondary N) is 1. The molecule has 0 aliphatic carbocycles. The molecule has 0 bridgehead atoms. The van der Waals surface area contributed by atoms with Crippen LogP contribution in [0, 0.1) is 0 Å². The number of β-lactam (4-membered cyclic amide) rings is 1. The Balaban J connectivity index is 1.38. The zero-order chi connectivity index (χ0) is 28.7. The molecule has 3 aromatic heterocycles. The van der Waals surface area contributed by atoms with Crippen molar-refractivity contribution in [2.45, 2.75) is 31.0 Å². The average molecular weight is 608 g/mol. The predicted molar refractivity (Wildman–Crippen MR) is 141 cm³/mol. The van der Waals surface area contributed by atoms with Crippen molar-refractivity contribution in [2.75, 3.05) is 11.5 Å². The third-order valence-electron chi connectivity index (χ3n) is 6.03. The first-order valence-corrected chi connectivity index (χ1v) is 13.7. The van der Waals surface area contributed by atoms with Crippen LogP contribution in [0.1, 0.15) is 12.6 Å². The highest BCUT2D eigenvalue weighted by Crippen LogP contribution is 2.40. The van der Waals surface area contributed by atoms with Crippen molar-refractivity contribution in [1.29, 1.82) is 0 Å². The molecule has 2 aliphatic heterocycles. The number of nitrogen functional groups attached to an aromatic ring is 1. The lowest BCUT2D eigenvalue weighted by atomic mass is 10.0. The number of amides is 2. The van der Waals surface area contributed by atoms with Crippen LogP contribution < -0.4 is 15.6 Å². The second kappa shape index (κ2) is 10.7. The number of thioether (sulfide) groups is 1. The number of hydrogen-bond donors (Lipinski definition) is 4. The first-order chi connectivity index (χ1) is 19.1. The van der Waals surface area contributed by atoms with Crippen LogP contribution in [0.5, 0.6) is 0 Å². The summed E-state index contributed by atoms with van der Waals surface area (Å²) in [5, 5.41) is 28.7. The maximum Gasteiger partial charge on any atom is 0.352 e. The molecule has 1 unspecified atom stereocenters. The smallest absolute Gasteiger partial charge is 0.352 e. The number of halogens is 1. The number of carbonyl (C=O) groups excluding carboxylic acids is 2. The lowest BCUT2D eigenvalue weighted by Crippen LogP contribution is -2.71. The number of oxime groups is 1. The topological polar surface area (TPSA) is 206 Å². The van der Waals surface area contributed by atoms with Crippen molar-refractivity contribution in [3.05, 3.63) is 52.0 Å². The minimum atomic E-state index is -1.40. The van der Waals surface area contributed by atoms with Gasteiger partial charge in [0.25, 0.3) is 11.8 Å². The molecule has 3 atom stereocenters. The second-order valence-corrected chi connectivity index (χ2v) is 11.3. The lowest BCUT2D eigenvalue weighted by molar-refractivity contribution is -0.662. The summed E-state index contributed by atoms with van der Waals surface area (Å²) in [5.74, 6) is -3.90. The molecule has 0 spiro atoms. The first-order valence-electron chi connectivity index (χ1n) is 11.5. The van der Waals surface area contributed by atoms with Gasteiger partial charge >= 0.3 is 17.6 Å². The molecule has 1 fully saturated rings. The van der Waals surface area contributed by atoms with Gasteiger partial charge in [0.1, 0.15) is 39.9 Å². The van der Waals surface area contributed by atoms with Crippen LogP contribution in [0.25, 0.3) is 5.65 Å². The Morgan fingerprint density at radius 2 is 2.17 bits per heavy atom. The van der Waals surface area contributed by atoms with Gasteiger partial charge in [-0.2, -0.15) is 0 Å². The number of anilines is 1. The van der Waals surface area contributed by atoms with Crippen LogP contribution in [0.2, 0.25) is 4.34 Å². The number of hydrogen-bond acceptors (Lipinski definition) is 11. The molecule has 2 aliphatic rings. The number of carboxylic acid groups (broad SMARTS) is 2. The van der Waals surface area contributed by atoms with E-state index in [4.69, 9.17) is 27.3 Å². The Kier molecular flexibility index (Phi) is 7.35. The first kappa shape index (κ1) is 27.4. The summed E-state index contributed by atoms with van der Waals surface area (Å²) >= 11 is 8.28. The summed E-state index contributed by atoms with van der Waals surface area (Å²) in [5.41, 5.74) is 6.13. The van der Waals surface area contributed by atoms with Crippen LogP contribution >= 0.6 is 34.7 Å². The maximum atomic E-state index is 13.2. The fraction of sp³-hybridized carbons (Fsp3) is 0.273. The molecule has 18 heteroatoms. The lowest BCUT2D eigenvalue weighted by Gasteiger charge is -2.49. The Labute approximate surface area is 237 Å². The van der Waals surface area contributed by atoms with E-state index in [0.717, 1.165) is 21.9 Å². The van der Waals surface area contributed by atoms with E-state index in [1.54, 1.807) is 29.2 Å². The van der Waals surface area contributed by atoms with Crippen molar-refractivity contribution >= 4 is 74.9 Å². The molecule has 2 amide bonds. The number of aromatic nitrogens is 4. The molecule has 3 aromatic rings. The summed E-state index contributed by atoms with van der Waals surface area (Å²) in [4.78, 5) is 59.8. The normalized spacial score (nSPS) is 19.7. The van der Waals surface area contributed by atoms with E-state index in [9.17, 15) is 24.3 Å². The zero-order valence-corrected chi connectivity index (χ0v) is 22.8. The number of rotatable bonds is 9. The van der Waals surface area contributed by atoms with Gasteiger partial charge in [0.05, 0.1) is 6.20 Å². The van der Waals surface area contributed by atoms with Gasteiger partial charge in [-0.3, -0.25) is 14.5 Å².